The normalized spacial score (nSPS) is 11.0. The van der Waals surface area contributed by atoms with Crippen LogP contribution >= 0.6 is 0 Å². The summed E-state index contributed by atoms with van der Waals surface area (Å²) in [6, 6.07) is 4.09. The molecule has 100 valence electrons. The summed E-state index contributed by atoms with van der Waals surface area (Å²) in [7, 11) is 3.17. The van der Waals surface area contributed by atoms with Crippen LogP contribution in [0.5, 0.6) is 0 Å². The van der Waals surface area contributed by atoms with Gasteiger partial charge in [-0.05, 0) is 31.9 Å². The molecular formula is C15H22O3. The van der Waals surface area contributed by atoms with Crippen molar-refractivity contribution in [1.29, 1.82) is 0 Å². The molecule has 3 nitrogen and oxygen atoms in total. The zero-order chi connectivity index (χ0) is 13.7. The highest BCUT2D eigenvalue weighted by molar-refractivity contribution is 5.98. The van der Waals surface area contributed by atoms with Gasteiger partial charge in [-0.15, -0.1) is 0 Å². The van der Waals surface area contributed by atoms with Crippen LogP contribution < -0.4 is 0 Å². The molecule has 0 N–H and O–H groups in total. The van der Waals surface area contributed by atoms with Crippen LogP contribution in [-0.4, -0.2) is 26.3 Å². The van der Waals surface area contributed by atoms with Crippen molar-refractivity contribution < 1.29 is 14.3 Å². The molecule has 0 heterocycles. The average molecular weight is 250 g/mol. The predicted molar refractivity (Wildman–Crippen MR) is 72.0 cm³/mol. The van der Waals surface area contributed by atoms with Gasteiger partial charge in [-0.1, -0.05) is 17.7 Å². The Labute approximate surface area is 109 Å². The molecule has 1 aromatic carbocycles. The largest absolute Gasteiger partial charge is 0.356 e. The van der Waals surface area contributed by atoms with E-state index in [1.807, 2.05) is 32.9 Å². The fraction of sp³-hybridized carbons (Fsp3) is 0.533. The molecule has 0 amide bonds. The van der Waals surface area contributed by atoms with Crippen LogP contribution in [0.2, 0.25) is 0 Å². The van der Waals surface area contributed by atoms with Gasteiger partial charge in [0.05, 0.1) is 0 Å². The average Bonchev–Trinajstić information content (AvgIpc) is 2.28. The highest BCUT2D eigenvalue weighted by Gasteiger charge is 2.15. The number of ketones is 1. The van der Waals surface area contributed by atoms with Crippen LogP contribution in [0.1, 0.15) is 39.9 Å². The SMILES string of the molecule is COC(CCC(=O)c1c(C)cc(C)cc1C)OC. The van der Waals surface area contributed by atoms with Crippen LogP contribution in [0.15, 0.2) is 12.1 Å². The molecule has 3 heteroatoms. The minimum atomic E-state index is -0.306. The molecule has 0 unspecified atom stereocenters. The Hall–Kier alpha value is -1.19. The van der Waals surface area contributed by atoms with Crippen LogP contribution in [0.25, 0.3) is 0 Å². The first-order valence-corrected chi connectivity index (χ1v) is 6.16. The maximum atomic E-state index is 12.2. The molecule has 0 radical (unpaired) electrons. The van der Waals surface area contributed by atoms with E-state index in [1.165, 1.54) is 5.56 Å². The summed E-state index contributed by atoms with van der Waals surface area (Å²) < 4.78 is 10.2. The minimum Gasteiger partial charge on any atom is -0.356 e. The highest BCUT2D eigenvalue weighted by Crippen LogP contribution is 2.19. The van der Waals surface area contributed by atoms with Crippen molar-refractivity contribution in [3.8, 4) is 0 Å². The molecule has 0 aliphatic carbocycles. The second kappa shape index (κ2) is 6.66. The molecule has 0 bridgehead atoms. The van der Waals surface area contributed by atoms with Gasteiger partial charge in [-0.25, -0.2) is 0 Å². The third-order valence-corrected chi connectivity index (χ3v) is 3.09. The smallest absolute Gasteiger partial charge is 0.163 e. The predicted octanol–water partition coefficient (Wildman–Crippen LogP) is 3.19. The van der Waals surface area contributed by atoms with Gasteiger partial charge in [-0.2, -0.15) is 0 Å². The monoisotopic (exact) mass is 250 g/mol. The molecule has 0 saturated carbocycles. The van der Waals surface area contributed by atoms with E-state index in [-0.39, 0.29) is 12.1 Å². The van der Waals surface area contributed by atoms with Crippen molar-refractivity contribution in [3.05, 3.63) is 34.4 Å². The molecule has 0 fully saturated rings. The zero-order valence-corrected chi connectivity index (χ0v) is 11.9. The number of hydrogen-bond acceptors (Lipinski definition) is 3. The standard InChI is InChI=1S/C15H22O3/c1-10-8-11(2)15(12(3)9-10)13(16)6-7-14(17-4)18-5/h8-9,14H,6-7H2,1-5H3. The van der Waals surface area contributed by atoms with E-state index in [4.69, 9.17) is 9.47 Å². The van der Waals surface area contributed by atoms with Crippen molar-refractivity contribution in [2.24, 2.45) is 0 Å². The number of carbonyl (C=O) groups is 1. The van der Waals surface area contributed by atoms with Crippen LogP contribution in [0.3, 0.4) is 0 Å². The summed E-state index contributed by atoms with van der Waals surface area (Å²) in [4.78, 5) is 12.2. The van der Waals surface area contributed by atoms with Crippen molar-refractivity contribution in [2.45, 2.75) is 39.9 Å². The third kappa shape index (κ3) is 3.65. The van der Waals surface area contributed by atoms with Gasteiger partial charge in [0.15, 0.2) is 12.1 Å². The lowest BCUT2D eigenvalue weighted by Gasteiger charge is -2.14. The van der Waals surface area contributed by atoms with E-state index in [0.717, 1.165) is 16.7 Å². The molecule has 0 aliphatic rings. The Morgan fingerprint density at radius 2 is 1.61 bits per heavy atom. The van der Waals surface area contributed by atoms with Gasteiger partial charge in [0, 0.05) is 32.6 Å². The van der Waals surface area contributed by atoms with Crippen molar-refractivity contribution in [3.63, 3.8) is 0 Å². The third-order valence-electron chi connectivity index (χ3n) is 3.09. The van der Waals surface area contributed by atoms with Gasteiger partial charge in [0.25, 0.3) is 0 Å². The fourth-order valence-electron chi connectivity index (χ4n) is 2.33. The number of benzene rings is 1. The summed E-state index contributed by atoms with van der Waals surface area (Å²) >= 11 is 0. The molecule has 0 aromatic heterocycles. The number of hydrogen-bond donors (Lipinski definition) is 0. The summed E-state index contributed by atoms with van der Waals surface area (Å²) in [6.45, 7) is 6.01. The molecule has 1 aromatic rings. The van der Waals surface area contributed by atoms with Gasteiger partial charge in [-0.3, -0.25) is 4.79 Å². The molecule has 18 heavy (non-hydrogen) atoms. The molecular weight excluding hydrogens is 228 g/mol. The van der Waals surface area contributed by atoms with E-state index in [2.05, 4.69) is 0 Å². The summed E-state index contributed by atoms with van der Waals surface area (Å²) in [5.74, 6) is 0.157. The van der Waals surface area contributed by atoms with Gasteiger partial charge in [0.2, 0.25) is 0 Å². The number of methoxy groups -OCH3 is 2. The lowest BCUT2D eigenvalue weighted by molar-refractivity contribution is -0.105. The molecule has 0 aliphatic heterocycles. The zero-order valence-electron chi connectivity index (χ0n) is 11.9. The summed E-state index contributed by atoms with van der Waals surface area (Å²) in [6.07, 6.45) is 0.718. The Morgan fingerprint density at radius 1 is 1.11 bits per heavy atom. The Balaban J connectivity index is 2.79. The Bertz CT molecular complexity index is 397. The lowest BCUT2D eigenvalue weighted by Crippen LogP contribution is -2.15. The fourth-order valence-corrected chi connectivity index (χ4v) is 2.33. The maximum absolute atomic E-state index is 12.2. The molecule has 0 spiro atoms. The van der Waals surface area contributed by atoms with Gasteiger partial charge >= 0.3 is 0 Å². The van der Waals surface area contributed by atoms with E-state index >= 15 is 0 Å². The minimum absolute atomic E-state index is 0.157. The second-order valence-corrected chi connectivity index (χ2v) is 4.64. The molecule has 0 atom stereocenters. The van der Waals surface area contributed by atoms with Crippen LogP contribution in [0.4, 0.5) is 0 Å². The number of carbonyl (C=O) groups excluding carboxylic acids is 1. The first-order valence-electron chi connectivity index (χ1n) is 6.16. The van der Waals surface area contributed by atoms with Gasteiger partial charge < -0.3 is 9.47 Å². The van der Waals surface area contributed by atoms with Crippen molar-refractivity contribution in [1.82, 2.24) is 0 Å². The number of aryl methyl sites for hydroxylation is 3. The van der Waals surface area contributed by atoms with E-state index in [9.17, 15) is 4.79 Å². The van der Waals surface area contributed by atoms with E-state index in [0.29, 0.717) is 12.8 Å². The Kier molecular flexibility index (Phi) is 5.51. The van der Waals surface area contributed by atoms with Crippen molar-refractivity contribution in [2.75, 3.05) is 14.2 Å². The number of Topliss-reactive ketones (excluding diaryl/α,β-unsaturated/α-hetero) is 1. The molecule has 0 saturated heterocycles. The topological polar surface area (TPSA) is 35.5 Å². The van der Waals surface area contributed by atoms with Crippen molar-refractivity contribution >= 4 is 5.78 Å². The number of rotatable bonds is 6. The second-order valence-electron chi connectivity index (χ2n) is 4.64. The van der Waals surface area contributed by atoms with Crippen LogP contribution in [0, 0.1) is 20.8 Å². The Morgan fingerprint density at radius 3 is 2.06 bits per heavy atom. The first-order chi connectivity index (χ1) is 8.49. The van der Waals surface area contributed by atoms with E-state index in [1.54, 1.807) is 14.2 Å². The number of ether oxygens (including phenoxy) is 2. The van der Waals surface area contributed by atoms with Gasteiger partial charge in [0.1, 0.15) is 0 Å². The lowest BCUT2D eigenvalue weighted by atomic mass is 9.94. The highest BCUT2D eigenvalue weighted by atomic mass is 16.7. The maximum Gasteiger partial charge on any atom is 0.163 e. The van der Waals surface area contributed by atoms with E-state index < -0.39 is 0 Å². The summed E-state index contributed by atoms with van der Waals surface area (Å²) in [5.41, 5.74) is 4.12. The van der Waals surface area contributed by atoms with Crippen LogP contribution in [-0.2, 0) is 9.47 Å². The quantitative estimate of drug-likeness (QED) is 0.574. The first kappa shape index (κ1) is 14.9. The summed E-state index contributed by atoms with van der Waals surface area (Å²) in [5, 5.41) is 0. The molecule has 1 rings (SSSR count).